The fourth-order valence-corrected chi connectivity index (χ4v) is 3.16. The second-order valence-corrected chi connectivity index (χ2v) is 5.76. The van der Waals surface area contributed by atoms with Gasteiger partial charge >= 0.3 is 0 Å². The summed E-state index contributed by atoms with van der Waals surface area (Å²) in [7, 11) is 0. The lowest BCUT2D eigenvalue weighted by Gasteiger charge is -2.30. The van der Waals surface area contributed by atoms with Crippen LogP contribution in [0.5, 0.6) is 0 Å². The first kappa shape index (κ1) is 14.5. The summed E-state index contributed by atoms with van der Waals surface area (Å²) in [4.78, 5) is 2.49. The summed E-state index contributed by atoms with van der Waals surface area (Å²) in [5.41, 5.74) is 3.10. The van der Waals surface area contributed by atoms with Crippen molar-refractivity contribution in [1.82, 2.24) is 10.2 Å². The Hall–Kier alpha value is -0.860. The summed E-state index contributed by atoms with van der Waals surface area (Å²) >= 11 is 0. The van der Waals surface area contributed by atoms with Crippen molar-refractivity contribution in [3.63, 3.8) is 0 Å². The van der Waals surface area contributed by atoms with Crippen LogP contribution in [0.3, 0.4) is 0 Å². The maximum Gasteiger partial charge on any atom is 0.0169 e. The highest BCUT2D eigenvalue weighted by molar-refractivity contribution is 5.30. The SMILES string of the molecule is CCN(CC)CC(C)NC1CCc2ccccc2C1. The Morgan fingerprint density at radius 3 is 2.58 bits per heavy atom. The van der Waals surface area contributed by atoms with E-state index in [2.05, 4.69) is 55.3 Å². The number of benzene rings is 1. The number of fused-ring (bicyclic) bond motifs is 1. The summed E-state index contributed by atoms with van der Waals surface area (Å²) in [5.74, 6) is 0. The summed E-state index contributed by atoms with van der Waals surface area (Å²) < 4.78 is 0. The Balaban J connectivity index is 1.85. The Morgan fingerprint density at radius 2 is 1.89 bits per heavy atom. The zero-order chi connectivity index (χ0) is 13.7. The van der Waals surface area contributed by atoms with Crippen molar-refractivity contribution >= 4 is 0 Å². The number of aryl methyl sites for hydroxylation is 1. The molecule has 0 radical (unpaired) electrons. The van der Waals surface area contributed by atoms with E-state index in [0.29, 0.717) is 12.1 Å². The maximum absolute atomic E-state index is 3.82. The number of nitrogens with zero attached hydrogens (tertiary/aromatic N) is 1. The zero-order valence-corrected chi connectivity index (χ0v) is 12.7. The molecule has 1 N–H and O–H groups in total. The third kappa shape index (κ3) is 4.05. The van der Waals surface area contributed by atoms with E-state index in [1.54, 1.807) is 11.1 Å². The normalized spacial score (nSPS) is 20.3. The third-order valence-corrected chi connectivity index (χ3v) is 4.29. The summed E-state index contributed by atoms with van der Waals surface area (Å²) in [5, 5.41) is 3.82. The van der Waals surface area contributed by atoms with Gasteiger partial charge in [0.15, 0.2) is 0 Å². The van der Waals surface area contributed by atoms with E-state index in [1.165, 1.54) is 19.3 Å². The second-order valence-electron chi connectivity index (χ2n) is 5.76. The number of nitrogens with one attached hydrogen (secondary N) is 1. The van der Waals surface area contributed by atoms with Crippen LogP contribution in [0.1, 0.15) is 38.3 Å². The molecular formula is C17H28N2. The van der Waals surface area contributed by atoms with Gasteiger partial charge in [-0.1, -0.05) is 38.1 Å². The second kappa shape index (κ2) is 7.06. The van der Waals surface area contributed by atoms with Crippen LogP contribution in [-0.2, 0) is 12.8 Å². The average molecular weight is 260 g/mol. The first-order chi connectivity index (χ1) is 9.22. The Morgan fingerprint density at radius 1 is 1.21 bits per heavy atom. The van der Waals surface area contributed by atoms with Gasteiger partial charge in [-0.15, -0.1) is 0 Å². The van der Waals surface area contributed by atoms with Gasteiger partial charge in [-0.05, 0) is 50.4 Å². The van der Waals surface area contributed by atoms with Gasteiger partial charge in [-0.2, -0.15) is 0 Å². The standard InChI is InChI=1S/C17H28N2/c1-4-19(5-2)13-14(3)18-17-11-10-15-8-6-7-9-16(15)12-17/h6-9,14,17-18H,4-5,10-13H2,1-3H3. The minimum Gasteiger partial charge on any atom is -0.310 e. The highest BCUT2D eigenvalue weighted by Gasteiger charge is 2.19. The number of rotatable bonds is 6. The van der Waals surface area contributed by atoms with Gasteiger partial charge in [0.25, 0.3) is 0 Å². The summed E-state index contributed by atoms with van der Waals surface area (Å²) in [6.45, 7) is 10.3. The van der Waals surface area contributed by atoms with Crippen molar-refractivity contribution in [3.8, 4) is 0 Å². The first-order valence-electron chi connectivity index (χ1n) is 7.78. The van der Waals surface area contributed by atoms with Crippen LogP contribution in [-0.4, -0.2) is 36.6 Å². The van der Waals surface area contributed by atoms with Gasteiger partial charge in [0, 0.05) is 18.6 Å². The van der Waals surface area contributed by atoms with E-state index in [-0.39, 0.29) is 0 Å². The lowest BCUT2D eigenvalue weighted by molar-refractivity contribution is 0.257. The predicted octanol–water partition coefficient (Wildman–Crippen LogP) is 2.86. The molecule has 0 saturated carbocycles. The smallest absolute Gasteiger partial charge is 0.0169 e. The van der Waals surface area contributed by atoms with E-state index in [1.807, 2.05) is 0 Å². The molecule has 2 heteroatoms. The molecule has 19 heavy (non-hydrogen) atoms. The molecule has 1 aromatic carbocycles. The summed E-state index contributed by atoms with van der Waals surface area (Å²) in [6.07, 6.45) is 3.70. The van der Waals surface area contributed by atoms with Gasteiger partial charge in [0.05, 0.1) is 0 Å². The van der Waals surface area contributed by atoms with Gasteiger partial charge in [-0.3, -0.25) is 0 Å². The van der Waals surface area contributed by atoms with Gasteiger partial charge in [0.1, 0.15) is 0 Å². The molecule has 0 bridgehead atoms. The Bertz CT molecular complexity index is 385. The molecule has 0 aliphatic heterocycles. The van der Waals surface area contributed by atoms with E-state index in [0.717, 1.165) is 19.6 Å². The van der Waals surface area contributed by atoms with Crippen molar-refractivity contribution in [2.75, 3.05) is 19.6 Å². The van der Waals surface area contributed by atoms with Gasteiger partial charge < -0.3 is 10.2 Å². The molecule has 2 unspecified atom stereocenters. The van der Waals surface area contributed by atoms with E-state index in [4.69, 9.17) is 0 Å². The highest BCUT2D eigenvalue weighted by atomic mass is 15.1. The van der Waals surface area contributed by atoms with Crippen LogP contribution in [0, 0.1) is 0 Å². The van der Waals surface area contributed by atoms with Crippen LogP contribution >= 0.6 is 0 Å². The lowest BCUT2D eigenvalue weighted by Crippen LogP contribution is -2.45. The molecule has 0 saturated heterocycles. The minimum absolute atomic E-state index is 0.579. The van der Waals surface area contributed by atoms with Gasteiger partial charge in [0.2, 0.25) is 0 Å². The van der Waals surface area contributed by atoms with Crippen LogP contribution in [0.4, 0.5) is 0 Å². The molecule has 1 aliphatic rings. The average Bonchev–Trinajstić information content (AvgIpc) is 2.44. The highest BCUT2D eigenvalue weighted by Crippen LogP contribution is 2.21. The van der Waals surface area contributed by atoms with E-state index >= 15 is 0 Å². The van der Waals surface area contributed by atoms with Crippen LogP contribution in [0.15, 0.2) is 24.3 Å². The van der Waals surface area contributed by atoms with Crippen LogP contribution in [0.25, 0.3) is 0 Å². The molecule has 0 spiro atoms. The van der Waals surface area contributed by atoms with Crippen molar-refractivity contribution in [3.05, 3.63) is 35.4 Å². The van der Waals surface area contributed by atoms with Crippen LogP contribution < -0.4 is 5.32 Å². The van der Waals surface area contributed by atoms with Crippen molar-refractivity contribution in [2.24, 2.45) is 0 Å². The Kier molecular flexibility index (Phi) is 5.41. The predicted molar refractivity (Wildman–Crippen MR) is 82.6 cm³/mol. The molecule has 1 aromatic rings. The molecule has 0 aromatic heterocycles. The van der Waals surface area contributed by atoms with Crippen molar-refractivity contribution in [2.45, 2.75) is 52.1 Å². The molecule has 106 valence electrons. The molecule has 2 nitrogen and oxygen atoms in total. The fraction of sp³-hybridized carbons (Fsp3) is 0.647. The van der Waals surface area contributed by atoms with E-state index < -0.39 is 0 Å². The number of hydrogen-bond acceptors (Lipinski definition) is 2. The molecular weight excluding hydrogens is 232 g/mol. The third-order valence-electron chi connectivity index (χ3n) is 4.29. The largest absolute Gasteiger partial charge is 0.310 e. The van der Waals surface area contributed by atoms with Crippen molar-refractivity contribution < 1.29 is 0 Å². The monoisotopic (exact) mass is 260 g/mol. The zero-order valence-electron chi connectivity index (χ0n) is 12.7. The number of hydrogen-bond donors (Lipinski definition) is 1. The lowest BCUT2D eigenvalue weighted by atomic mass is 9.88. The maximum atomic E-state index is 3.82. The first-order valence-corrected chi connectivity index (χ1v) is 7.78. The fourth-order valence-electron chi connectivity index (χ4n) is 3.16. The Labute approximate surface area is 118 Å². The molecule has 0 amide bonds. The van der Waals surface area contributed by atoms with Crippen molar-refractivity contribution in [1.29, 1.82) is 0 Å². The van der Waals surface area contributed by atoms with Gasteiger partial charge in [-0.25, -0.2) is 0 Å². The molecule has 2 rings (SSSR count). The van der Waals surface area contributed by atoms with E-state index in [9.17, 15) is 0 Å². The number of likely N-dealkylation sites (N-methyl/N-ethyl adjacent to an activating group) is 1. The molecule has 0 heterocycles. The topological polar surface area (TPSA) is 15.3 Å². The quantitative estimate of drug-likeness (QED) is 0.846. The molecule has 2 atom stereocenters. The molecule has 0 fully saturated rings. The minimum atomic E-state index is 0.579. The van der Waals surface area contributed by atoms with Crippen LogP contribution in [0.2, 0.25) is 0 Å². The summed E-state index contributed by atoms with van der Waals surface area (Å²) in [6, 6.07) is 10.1. The molecule has 1 aliphatic carbocycles.